The van der Waals surface area contributed by atoms with Gasteiger partial charge in [-0.15, -0.1) is 0 Å². The van der Waals surface area contributed by atoms with Crippen molar-refractivity contribution < 1.29 is 8.78 Å². The number of H-pyrrole nitrogens is 1. The van der Waals surface area contributed by atoms with E-state index >= 15 is 0 Å². The molecule has 2 aromatic heterocycles. The lowest BCUT2D eigenvalue weighted by Crippen LogP contribution is -2.38. The summed E-state index contributed by atoms with van der Waals surface area (Å²) in [4.78, 5) is 9.30. The predicted octanol–water partition coefficient (Wildman–Crippen LogP) is 3.45. The molecule has 2 aromatic rings. The Hall–Kier alpha value is -1.20. The number of alkyl halides is 2. The number of aromatic amines is 1. The highest BCUT2D eigenvalue weighted by molar-refractivity contribution is 6.35. The Morgan fingerprint density at radius 3 is 2.84 bits per heavy atom. The number of aromatic nitrogens is 2. The van der Waals surface area contributed by atoms with Crippen molar-refractivity contribution in [2.24, 2.45) is 0 Å². The molecule has 0 aromatic carbocycles. The van der Waals surface area contributed by atoms with Crippen LogP contribution in [-0.4, -0.2) is 33.9 Å². The van der Waals surface area contributed by atoms with Crippen molar-refractivity contribution in [3.05, 3.63) is 29.0 Å². The van der Waals surface area contributed by atoms with Crippen LogP contribution < -0.4 is 0 Å². The van der Waals surface area contributed by atoms with Gasteiger partial charge >= 0.3 is 0 Å². The third-order valence-electron chi connectivity index (χ3n) is 3.59. The van der Waals surface area contributed by atoms with Crippen molar-refractivity contribution in [2.45, 2.75) is 25.3 Å². The summed E-state index contributed by atoms with van der Waals surface area (Å²) in [6.07, 6.45) is 3.37. The van der Waals surface area contributed by atoms with Crippen molar-refractivity contribution in [2.75, 3.05) is 13.1 Å². The van der Waals surface area contributed by atoms with E-state index in [2.05, 4.69) is 9.97 Å². The second kappa shape index (κ2) is 4.72. The Labute approximate surface area is 114 Å². The molecular weight excluding hydrogens is 272 g/mol. The predicted molar refractivity (Wildman–Crippen MR) is 70.6 cm³/mol. The van der Waals surface area contributed by atoms with Gasteiger partial charge in [-0.05, 0) is 11.6 Å². The Balaban J connectivity index is 1.79. The first kappa shape index (κ1) is 12.8. The van der Waals surface area contributed by atoms with Crippen LogP contribution in [0, 0.1) is 0 Å². The quantitative estimate of drug-likeness (QED) is 0.916. The van der Waals surface area contributed by atoms with Crippen LogP contribution in [0.3, 0.4) is 0 Å². The number of hydrogen-bond donors (Lipinski definition) is 1. The average molecular weight is 286 g/mol. The van der Waals surface area contributed by atoms with Crippen LogP contribution in [0.1, 0.15) is 18.4 Å². The number of rotatable bonds is 2. The lowest BCUT2D eigenvalue weighted by Gasteiger charge is -2.31. The first-order chi connectivity index (χ1) is 9.05. The number of nitrogens with zero attached hydrogens (tertiary/aromatic N) is 2. The lowest BCUT2D eigenvalue weighted by atomic mass is 10.1. The number of likely N-dealkylation sites (tertiary alicyclic amines) is 1. The maximum atomic E-state index is 13.1. The lowest BCUT2D eigenvalue weighted by molar-refractivity contribution is -0.0565. The first-order valence-corrected chi connectivity index (χ1v) is 6.64. The second-order valence-corrected chi connectivity index (χ2v) is 5.37. The Bertz CT molecular complexity index is 587. The highest BCUT2D eigenvalue weighted by Crippen LogP contribution is 2.30. The molecule has 1 saturated heterocycles. The van der Waals surface area contributed by atoms with Gasteiger partial charge in [-0.1, -0.05) is 11.6 Å². The molecule has 1 aliphatic rings. The number of fused-ring (bicyclic) bond motifs is 1. The van der Waals surface area contributed by atoms with E-state index in [-0.39, 0.29) is 12.8 Å². The van der Waals surface area contributed by atoms with Crippen molar-refractivity contribution in [1.82, 2.24) is 14.9 Å². The molecule has 0 unspecified atom stereocenters. The summed E-state index contributed by atoms with van der Waals surface area (Å²) in [5.41, 5.74) is 1.75. The van der Waals surface area contributed by atoms with Gasteiger partial charge in [-0.3, -0.25) is 4.90 Å². The monoisotopic (exact) mass is 285 g/mol. The summed E-state index contributed by atoms with van der Waals surface area (Å²) < 4.78 is 26.2. The molecule has 3 nitrogen and oxygen atoms in total. The zero-order chi connectivity index (χ0) is 13.5. The van der Waals surface area contributed by atoms with Crippen LogP contribution in [0.25, 0.3) is 11.0 Å². The summed E-state index contributed by atoms with van der Waals surface area (Å²) in [5.74, 6) is -2.50. The molecule has 0 bridgehead atoms. The third-order valence-corrected chi connectivity index (χ3v) is 3.90. The number of pyridine rings is 1. The van der Waals surface area contributed by atoms with E-state index in [1.807, 2.05) is 11.1 Å². The van der Waals surface area contributed by atoms with Gasteiger partial charge in [0.05, 0.1) is 5.02 Å². The number of hydrogen-bond acceptors (Lipinski definition) is 2. The normalized spacial score (nSPS) is 19.9. The van der Waals surface area contributed by atoms with E-state index in [1.165, 1.54) is 0 Å². The van der Waals surface area contributed by atoms with Crippen molar-refractivity contribution in [3.8, 4) is 0 Å². The molecule has 102 valence electrons. The second-order valence-electron chi connectivity index (χ2n) is 4.96. The third kappa shape index (κ3) is 2.58. The van der Waals surface area contributed by atoms with E-state index in [0.29, 0.717) is 24.7 Å². The number of piperidine rings is 1. The fourth-order valence-corrected chi connectivity index (χ4v) is 2.75. The van der Waals surface area contributed by atoms with Crippen molar-refractivity contribution >= 4 is 22.6 Å². The van der Waals surface area contributed by atoms with E-state index in [0.717, 1.165) is 16.6 Å². The van der Waals surface area contributed by atoms with Crippen molar-refractivity contribution in [3.63, 3.8) is 0 Å². The number of halogens is 3. The van der Waals surface area contributed by atoms with Gasteiger partial charge in [-0.25, -0.2) is 13.8 Å². The molecule has 1 fully saturated rings. The fourth-order valence-electron chi connectivity index (χ4n) is 2.48. The zero-order valence-electron chi connectivity index (χ0n) is 10.3. The molecule has 0 spiro atoms. The molecule has 0 radical (unpaired) electrons. The van der Waals surface area contributed by atoms with Crippen LogP contribution in [0.5, 0.6) is 0 Å². The maximum absolute atomic E-state index is 13.1. The summed E-state index contributed by atoms with van der Waals surface area (Å²) in [6, 6.07) is 1.74. The summed E-state index contributed by atoms with van der Waals surface area (Å²) >= 11 is 6.17. The average Bonchev–Trinajstić information content (AvgIpc) is 2.77. The standard InChI is InChI=1S/C13H14ClF2N3/c14-10-1-4-17-12-11(10)9(7-18-12)8-19-5-2-13(15,16)3-6-19/h1,4,7H,2-3,5-6,8H2,(H,17,18). The summed E-state index contributed by atoms with van der Waals surface area (Å²) in [6.45, 7) is 1.45. The van der Waals surface area contributed by atoms with Gasteiger partial charge in [0.2, 0.25) is 0 Å². The van der Waals surface area contributed by atoms with E-state index in [9.17, 15) is 8.78 Å². The van der Waals surface area contributed by atoms with Gasteiger partial charge in [-0.2, -0.15) is 0 Å². The SMILES string of the molecule is FC1(F)CCN(Cc2c[nH]c3nccc(Cl)c23)CC1. The molecule has 1 aliphatic heterocycles. The van der Waals surface area contributed by atoms with Crippen LogP contribution >= 0.6 is 11.6 Å². The van der Waals surface area contributed by atoms with E-state index in [4.69, 9.17) is 11.6 Å². The Morgan fingerprint density at radius 1 is 1.37 bits per heavy atom. The van der Waals surface area contributed by atoms with Crippen molar-refractivity contribution in [1.29, 1.82) is 0 Å². The van der Waals surface area contributed by atoms with Gasteiger partial charge in [0.25, 0.3) is 5.92 Å². The molecule has 0 saturated carbocycles. The Morgan fingerprint density at radius 2 is 2.11 bits per heavy atom. The molecule has 3 heterocycles. The Kier molecular flexibility index (Phi) is 3.19. The molecule has 6 heteroatoms. The van der Waals surface area contributed by atoms with Gasteiger partial charge < -0.3 is 4.98 Å². The largest absolute Gasteiger partial charge is 0.346 e. The number of nitrogens with one attached hydrogen (secondary N) is 1. The molecule has 0 atom stereocenters. The van der Waals surface area contributed by atoms with Gasteiger partial charge in [0.1, 0.15) is 5.65 Å². The van der Waals surface area contributed by atoms with Gasteiger partial charge in [0.15, 0.2) is 0 Å². The smallest absolute Gasteiger partial charge is 0.250 e. The minimum Gasteiger partial charge on any atom is -0.346 e. The molecule has 19 heavy (non-hydrogen) atoms. The molecule has 0 amide bonds. The fraction of sp³-hybridized carbons (Fsp3) is 0.462. The highest BCUT2D eigenvalue weighted by Gasteiger charge is 2.34. The molecular formula is C13H14ClF2N3. The van der Waals surface area contributed by atoms with Crippen LogP contribution in [0.4, 0.5) is 8.78 Å². The molecule has 1 N–H and O–H groups in total. The summed E-state index contributed by atoms with van der Waals surface area (Å²) in [7, 11) is 0. The molecule has 0 aliphatic carbocycles. The zero-order valence-corrected chi connectivity index (χ0v) is 11.1. The van der Waals surface area contributed by atoms with Crippen LogP contribution in [0.15, 0.2) is 18.5 Å². The topological polar surface area (TPSA) is 31.9 Å². The summed E-state index contributed by atoms with van der Waals surface area (Å²) in [5, 5.41) is 1.53. The van der Waals surface area contributed by atoms with E-state index < -0.39 is 5.92 Å². The first-order valence-electron chi connectivity index (χ1n) is 6.26. The highest BCUT2D eigenvalue weighted by atomic mass is 35.5. The minimum absolute atomic E-state index is 0.0681. The van der Waals surface area contributed by atoms with E-state index in [1.54, 1.807) is 12.3 Å². The van der Waals surface area contributed by atoms with Crippen LogP contribution in [0.2, 0.25) is 5.02 Å². The molecule has 3 rings (SSSR count). The maximum Gasteiger partial charge on any atom is 0.250 e. The van der Waals surface area contributed by atoms with Gasteiger partial charge in [0, 0.05) is 50.3 Å². The van der Waals surface area contributed by atoms with Crippen LogP contribution in [-0.2, 0) is 6.54 Å². The minimum atomic E-state index is -2.50.